The highest BCUT2D eigenvalue weighted by Gasteiger charge is 2.22. The van der Waals surface area contributed by atoms with Crippen LogP contribution in [0.1, 0.15) is 17.3 Å². The van der Waals surface area contributed by atoms with E-state index in [1.807, 2.05) is 0 Å². The zero-order valence-corrected chi connectivity index (χ0v) is 13.3. The van der Waals surface area contributed by atoms with Gasteiger partial charge in [-0.1, -0.05) is 29.8 Å². The predicted molar refractivity (Wildman–Crippen MR) is 88.1 cm³/mol. The van der Waals surface area contributed by atoms with Crippen LogP contribution in [-0.4, -0.2) is 22.9 Å². The average molecular weight is 349 g/mol. The van der Waals surface area contributed by atoms with Crippen molar-refractivity contribution in [3.8, 4) is 0 Å². The van der Waals surface area contributed by atoms with Crippen molar-refractivity contribution in [2.75, 3.05) is 5.32 Å². The topological polar surface area (TPSA) is 98.5 Å². The van der Waals surface area contributed by atoms with Gasteiger partial charge >= 0.3 is 5.97 Å². The Bertz CT molecular complexity index is 779. The molecule has 2 aromatic rings. The van der Waals surface area contributed by atoms with E-state index in [4.69, 9.17) is 16.3 Å². The molecule has 2 aromatic carbocycles. The van der Waals surface area contributed by atoms with Gasteiger partial charge in [-0.25, -0.2) is 4.79 Å². The summed E-state index contributed by atoms with van der Waals surface area (Å²) in [6.07, 6.45) is -1.08. The Morgan fingerprint density at radius 1 is 1.21 bits per heavy atom. The second-order valence-electron chi connectivity index (χ2n) is 4.83. The number of carbonyl (C=O) groups is 2. The molecule has 0 bridgehead atoms. The number of nitro benzene ring substituents is 1. The monoisotopic (exact) mass is 348 g/mol. The summed E-state index contributed by atoms with van der Waals surface area (Å²) in [5, 5.41) is 13.3. The van der Waals surface area contributed by atoms with Gasteiger partial charge in [-0.05, 0) is 31.2 Å². The van der Waals surface area contributed by atoms with Crippen molar-refractivity contribution in [1.82, 2.24) is 0 Å². The standard InChI is InChI=1S/C16H13ClN2O5/c1-10(15(20)18-12-5-3-2-4-6-12)24-16(21)11-7-8-13(17)14(9-11)19(22)23/h2-10H,1H3,(H,18,20)/t10-/m1/s1. The third-order valence-corrected chi connectivity index (χ3v) is 3.39. The molecular weight excluding hydrogens is 336 g/mol. The van der Waals surface area contributed by atoms with E-state index in [0.717, 1.165) is 6.07 Å². The molecule has 0 aliphatic heterocycles. The van der Waals surface area contributed by atoms with Gasteiger partial charge in [0.15, 0.2) is 6.10 Å². The van der Waals surface area contributed by atoms with Crippen LogP contribution in [0.5, 0.6) is 0 Å². The molecule has 2 rings (SSSR count). The minimum atomic E-state index is -1.08. The van der Waals surface area contributed by atoms with Crippen molar-refractivity contribution in [1.29, 1.82) is 0 Å². The fourth-order valence-electron chi connectivity index (χ4n) is 1.83. The number of esters is 1. The van der Waals surface area contributed by atoms with Crippen molar-refractivity contribution in [2.45, 2.75) is 13.0 Å². The summed E-state index contributed by atoms with van der Waals surface area (Å²) < 4.78 is 5.03. The Morgan fingerprint density at radius 3 is 2.50 bits per heavy atom. The normalized spacial score (nSPS) is 11.4. The van der Waals surface area contributed by atoms with E-state index in [0.29, 0.717) is 5.69 Å². The molecule has 0 heterocycles. The maximum atomic E-state index is 12.0. The SMILES string of the molecule is C[C@@H](OC(=O)c1ccc(Cl)c([N+](=O)[O-])c1)C(=O)Nc1ccccc1. The van der Waals surface area contributed by atoms with Crippen LogP contribution in [0.3, 0.4) is 0 Å². The first kappa shape index (κ1) is 17.4. The van der Waals surface area contributed by atoms with Gasteiger partial charge in [-0.15, -0.1) is 0 Å². The first-order valence-electron chi connectivity index (χ1n) is 6.89. The molecule has 1 N–H and O–H groups in total. The summed E-state index contributed by atoms with van der Waals surface area (Å²) in [7, 11) is 0. The van der Waals surface area contributed by atoms with E-state index in [2.05, 4.69) is 5.32 Å². The van der Waals surface area contributed by atoms with Gasteiger partial charge in [0.2, 0.25) is 0 Å². The van der Waals surface area contributed by atoms with Crippen LogP contribution in [-0.2, 0) is 9.53 Å². The number of benzene rings is 2. The molecule has 8 heteroatoms. The third-order valence-electron chi connectivity index (χ3n) is 3.07. The van der Waals surface area contributed by atoms with Crippen LogP contribution in [0.25, 0.3) is 0 Å². The molecule has 0 unspecified atom stereocenters. The second-order valence-corrected chi connectivity index (χ2v) is 5.23. The molecule has 1 atom stereocenters. The Hall–Kier alpha value is -2.93. The molecule has 124 valence electrons. The first-order chi connectivity index (χ1) is 11.4. The van der Waals surface area contributed by atoms with Crippen LogP contribution >= 0.6 is 11.6 Å². The van der Waals surface area contributed by atoms with Crippen molar-refractivity contribution >= 4 is 34.9 Å². The summed E-state index contributed by atoms with van der Waals surface area (Å²) in [5.74, 6) is -1.37. The largest absolute Gasteiger partial charge is 0.449 e. The van der Waals surface area contributed by atoms with E-state index in [9.17, 15) is 19.7 Å². The summed E-state index contributed by atoms with van der Waals surface area (Å²) in [4.78, 5) is 34.2. The predicted octanol–water partition coefficient (Wildman–Crippen LogP) is 3.43. The van der Waals surface area contributed by atoms with Gasteiger partial charge in [-0.2, -0.15) is 0 Å². The number of halogens is 1. The van der Waals surface area contributed by atoms with Gasteiger partial charge in [0.25, 0.3) is 11.6 Å². The zero-order chi connectivity index (χ0) is 17.7. The number of nitrogens with one attached hydrogen (secondary N) is 1. The number of hydrogen-bond acceptors (Lipinski definition) is 5. The third kappa shape index (κ3) is 4.30. The molecule has 0 saturated heterocycles. The number of para-hydroxylation sites is 1. The van der Waals surface area contributed by atoms with E-state index in [1.165, 1.54) is 19.1 Å². The molecule has 0 spiro atoms. The highest BCUT2D eigenvalue weighted by molar-refractivity contribution is 6.32. The molecule has 0 saturated carbocycles. The smallest absolute Gasteiger partial charge is 0.339 e. The molecular formula is C16H13ClN2O5. The second kappa shape index (κ2) is 7.56. The Labute approximate surface area is 142 Å². The molecule has 0 aliphatic carbocycles. The molecule has 0 fully saturated rings. The van der Waals surface area contributed by atoms with Gasteiger partial charge < -0.3 is 10.1 Å². The Balaban J connectivity index is 2.04. The molecule has 0 aliphatic rings. The van der Waals surface area contributed by atoms with Crippen LogP contribution in [0.2, 0.25) is 5.02 Å². The van der Waals surface area contributed by atoms with Gasteiger partial charge in [0, 0.05) is 11.8 Å². The molecule has 1 amide bonds. The lowest BCUT2D eigenvalue weighted by Gasteiger charge is -2.13. The number of amides is 1. The first-order valence-corrected chi connectivity index (χ1v) is 7.27. The summed E-state index contributed by atoms with van der Waals surface area (Å²) in [6.45, 7) is 1.40. The maximum absolute atomic E-state index is 12.0. The number of ether oxygens (including phenoxy) is 1. The maximum Gasteiger partial charge on any atom is 0.339 e. The summed E-state index contributed by atoms with van der Waals surface area (Å²) >= 11 is 5.68. The van der Waals surface area contributed by atoms with Gasteiger partial charge in [0.05, 0.1) is 10.5 Å². The minimum absolute atomic E-state index is 0.0644. The number of rotatable bonds is 5. The zero-order valence-electron chi connectivity index (χ0n) is 12.6. The van der Waals surface area contributed by atoms with Crippen molar-refractivity contribution in [3.05, 3.63) is 69.2 Å². The molecule has 24 heavy (non-hydrogen) atoms. The minimum Gasteiger partial charge on any atom is -0.449 e. The average Bonchev–Trinajstić information content (AvgIpc) is 2.55. The summed E-state index contributed by atoms with van der Waals surface area (Å²) in [6, 6.07) is 12.2. The highest BCUT2D eigenvalue weighted by Crippen LogP contribution is 2.25. The lowest BCUT2D eigenvalue weighted by atomic mass is 10.2. The van der Waals surface area contributed by atoms with Crippen LogP contribution in [0.4, 0.5) is 11.4 Å². The van der Waals surface area contributed by atoms with E-state index in [1.54, 1.807) is 30.3 Å². The lowest BCUT2D eigenvalue weighted by molar-refractivity contribution is -0.384. The number of hydrogen-bond donors (Lipinski definition) is 1. The highest BCUT2D eigenvalue weighted by atomic mass is 35.5. The Morgan fingerprint density at radius 2 is 1.88 bits per heavy atom. The fraction of sp³-hybridized carbons (Fsp3) is 0.125. The number of nitro groups is 1. The van der Waals surface area contributed by atoms with Gasteiger partial charge in [-0.3, -0.25) is 14.9 Å². The quantitative estimate of drug-likeness (QED) is 0.507. The van der Waals surface area contributed by atoms with E-state index < -0.39 is 28.6 Å². The lowest BCUT2D eigenvalue weighted by Crippen LogP contribution is -2.30. The van der Waals surface area contributed by atoms with Crippen molar-refractivity contribution in [3.63, 3.8) is 0 Å². The number of anilines is 1. The molecule has 0 radical (unpaired) electrons. The van der Waals surface area contributed by atoms with Gasteiger partial charge in [0.1, 0.15) is 5.02 Å². The number of carbonyl (C=O) groups excluding carboxylic acids is 2. The number of nitrogens with zero attached hydrogens (tertiary/aromatic N) is 1. The van der Waals surface area contributed by atoms with Crippen LogP contribution in [0, 0.1) is 10.1 Å². The van der Waals surface area contributed by atoms with E-state index in [-0.39, 0.29) is 10.6 Å². The van der Waals surface area contributed by atoms with Crippen molar-refractivity contribution in [2.24, 2.45) is 0 Å². The fourth-order valence-corrected chi connectivity index (χ4v) is 2.01. The van der Waals surface area contributed by atoms with Crippen molar-refractivity contribution < 1.29 is 19.2 Å². The molecule has 7 nitrogen and oxygen atoms in total. The Kier molecular flexibility index (Phi) is 5.49. The van der Waals surface area contributed by atoms with Crippen LogP contribution in [0.15, 0.2) is 48.5 Å². The van der Waals surface area contributed by atoms with Crippen LogP contribution < -0.4 is 5.32 Å². The summed E-state index contributed by atoms with van der Waals surface area (Å²) in [5.41, 5.74) is 0.0884. The van der Waals surface area contributed by atoms with E-state index >= 15 is 0 Å². The molecule has 0 aromatic heterocycles.